The largest absolute Gasteiger partial charge is 0.544 e. The molecule has 3 N–H and O–H groups in total. The highest BCUT2D eigenvalue weighted by atomic mass is 16.5. The molecule has 0 bridgehead atoms. The Hall–Kier alpha value is -2.54. The number of rotatable bonds is 10. The van der Waals surface area contributed by atoms with Gasteiger partial charge in [0, 0.05) is 12.5 Å². The first-order chi connectivity index (χ1) is 13.0. The van der Waals surface area contributed by atoms with Crippen molar-refractivity contribution in [3.05, 3.63) is 29.8 Å². The van der Waals surface area contributed by atoms with Crippen LogP contribution in [0.3, 0.4) is 0 Å². The number of amides is 1. The van der Waals surface area contributed by atoms with E-state index in [-0.39, 0.29) is 6.42 Å². The SMILES string of the molecule is COc1ccc(NC(=O)C[C@H]([NH2+]CCC2=CCCCC2)C(=O)[O-])c(OC)c1. The summed E-state index contributed by atoms with van der Waals surface area (Å²) in [4.78, 5) is 23.7. The first kappa shape index (κ1) is 20.8. The van der Waals surface area contributed by atoms with Crippen molar-refractivity contribution in [2.45, 2.75) is 44.6 Å². The summed E-state index contributed by atoms with van der Waals surface area (Å²) in [5, 5.41) is 15.8. The summed E-state index contributed by atoms with van der Waals surface area (Å²) in [5.41, 5.74) is 1.84. The minimum atomic E-state index is -1.23. The van der Waals surface area contributed by atoms with Crippen LogP contribution in [0.15, 0.2) is 29.8 Å². The molecule has 0 radical (unpaired) electrons. The lowest BCUT2D eigenvalue weighted by Gasteiger charge is -2.18. The summed E-state index contributed by atoms with van der Waals surface area (Å²) in [6.45, 7) is 0.629. The lowest BCUT2D eigenvalue weighted by molar-refractivity contribution is -0.682. The number of nitrogens with one attached hydrogen (secondary N) is 1. The number of methoxy groups -OCH3 is 2. The molecule has 1 aromatic rings. The summed E-state index contributed by atoms with van der Waals surface area (Å²) >= 11 is 0. The Labute approximate surface area is 159 Å². The van der Waals surface area contributed by atoms with Crippen molar-refractivity contribution in [3.8, 4) is 11.5 Å². The highest BCUT2D eigenvalue weighted by molar-refractivity contribution is 5.94. The minimum absolute atomic E-state index is 0.170. The molecule has 0 spiro atoms. The van der Waals surface area contributed by atoms with Crippen LogP contribution in [-0.2, 0) is 9.59 Å². The van der Waals surface area contributed by atoms with Crippen LogP contribution >= 0.6 is 0 Å². The van der Waals surface area contributed by atoms with E-state index in [4.69, 9.17) is 9.47 Å². The Balaban J connectivity index is 1.88. The molecule has 0 saturated carbocycles. The fourth-order valence-corrected chi connectivity index (χ4v) is 3.17. The van der Waals surface area contributed by atoms with E-state index in [2.05, 4.69) is 11.4 Å². The van der Waals surface area contributed by atoms with Gasteiger partial charge in [0.25, 0.3) is 0 Å². The van der Waals surface area contributed by atoms with Crippen molar-refractivity contribution in [3.63, 3.8) is 0 Å². The maximum absolute atomic E-state index is 12.3. The zero-order valence-electron chi connectivity index (χ0n) is 16.0. The predicted octanol–water partition coefficient (Wildman–Crippen LogP) is 0.605. The standard InChI is InChI=1S/C20H28N2O5/c1-26-15-8-9-16(18(12-15)27-2)22-19(23)13-17(20(24)25)21-11-10-14-6-4-3-5-7-14/h6,8-9,12,17,21H,3-5,7,10-11,13H2,1-2H3,(H,22,23)(H,24,25)/t17-/m0/s1. The number of allylic oxidation sites excluding steroid dienone is 1. The number of anilines is 1. The number of carboxylic acids is 1. The Morgan fingerprint density at radius 1 is 1.26 bits per heavy atom. The first-order valence-electron chi connectivity index (χ1n) is 9.27. The highest BCUT2D eigenvalue weighted by Gasteiger charge is 2.19. The van der Waals surface area contributed by atoms with Gasteiger partial charge < -0.3 is 30.0 Å². The Morgan fingerprint density at radius 3 is 2.70 bits per heavy atom. The topological polar surface area (TPSA) is 104 Å². The molecule has 7 heteroatoms. The van der Waals surface area contributed by atoms with Crippen LogP contribution < -0.4 is 25.2 Å². The maximum Gasteiger partial charge on any atom is 0.230 e. The number of benzene rings is 1. The average Bonchev–Trinajstić information content (AvgIpc) is 2.68. The third kappa shape index (κ3) is 6.60. The van der Waals surface area contributed by atoms with Crippen LogP contribution in [0.5, 0.6) is 11.5 Å². The molecule has 1 aliphatic rings. The monoisotopic (exact) mass is 376 g/mol. The molecule has 1 aliphatic carbocycles. The van der Waals surface area contributed by atoms with Crippen LogP contribution in [-0.4, -0.2) is 38.7 Å². The lowest BCUT2D eigenvalue weighted by atomic mass is 9.97. The van der Waals surface area contributed by atoms with Crippen molar-refractivity contribution in [1.29, 1.82) is 0 Å². The first-order valence-corrected chi connectivity index (χ1v) is 9.27. The van der Waals surface area contributed by atoms with Gasteiger partial charge in [0.1, 0.15) is 17.5 Å². The number of ether oxygens (including phenoxy) is 2. The number of hydrogen-bond acceptors (Lipinski definition) is 5. The Bertz CT molecular complexity index is 687. The normalized spacial score (nSPS) is 14.8. The summed E-state index contributed by atoms with van der Waals surface area (Å²) in [6.07, 6.45) is 7.53. The van der Waals surface area contributed by atoms with E-state index in [1.165, 1.54) is 32.6 Å². The van der Waals surface area contributed by atoms with Crippen molar-refractivity contribution in [2.75, 3.05) is 26.1 Å². The van der Waals surface area contributed by atoms with E-state index >= 15 is 0 Å². The van der Waals surface area contributed by atoms with Crippen LogP contribution in [0.1, 0.15) is 38.5 Å². The molecule has 1 aromatic carbocycles. The van der Waals surface area contributed by atoms with Gasteiger partial charge in [-0.3, -0.25) is 4.79 Å². The number of quaternary nitrogens is 1. The van der Waals surface area contributed by atoms with Crippen molar-refractivity contribution >= 4 is 17.6 Å². The second-order valence-electron chi connectivity index (χ2n) is 6.63. The van der Waals surface area contributed by atoms with E-state index in [9.17, 15) is 14.7 Å². The number of hydrogen-bond donors (Lipinski definition) is 2. The molecule has 2 rings (SSSR count). The maximum atomic E-state index is 12.3. The number of carboxylic acid groups (broad SMARTS) is 1. The fraction of sp³-hybridized carbons (Fsp3) is 0.500. The van der Waals surface area contributed by atoms with Crippen LogP contribution in [0.4, 0.5) is 5.69 Å². The van der Waals surface area contributed by atoms with Gasteiger partial charge in [-0.05, 0) is 37.8 Å². The molecule has 1 amide bonds. The summed E-state index contributed by atoms with van der Waals surface area (Å²) in [6, 6.07) is 4.08. The van der Waals surface area contributed by atoms with Crippen LogP contribution in [0, 0.1) is 0 Å². The molecule has 0 aromatic heterocycles. The molecule has 7 nitrogen and oxygen atoms in total. The van der Waals surface area contributed by atoms with E-state index < -0.39 is 17.9 Å². The number of nitrogens with two attached hydrogens (primary N) is 1. The van der Waals surface area contributed by atoms with Gasteiger partial charge in [0.2, 0.25) is 5.91 Å². The quantitative estimate of drug-likeness (QED) is 0.582. The number of carbonyl (C=O) groups excluding carboxylic acids is 2. The minimum Gasteiger partial charge on any atom is -0.544 e. The van der Waals surface area contributed by atoms with Gasteiger partial charge in [0.15, 0.2) is 0 Å². The van der Waals surface area contributed by atoms with Gasteiger partial charge in [-0.1, -0.05) is 11.6 Å². The molecule has 0 unspecified atom stereocenters. The molecule has 0 aliphatic heterocycles. The summed E-state index contributed by atoms with van der Waals surface area (Å²) < 4.78 is 10.4. The second kappa shape index (κ2) is 10.6. The highest BCUT2D eigenvalue weighted by Crippen LogP contribution is 2.29. The van der Waals surface area contributed by atoms with Gasteiger partial charge in [-0.25, -0.2) is 0 Å². The molecule has 1 atom stereocenters. The molecular weight excluding hydrogens is 348 g/mol. The molecular formula is C20H28N2O5. The van der Waals surface area contributed by atoms with Gasteiger partial charge in [-0.15, -0.1) is 0 Å². The smallest absolute Gasteiger partial charge is 0.230 e. The third-order valence-corrected chi connectivity index (χ3v) is 4.69. The van der Waals surface area contributed by atoms with Crippen LogP contribution in [0.2, 0.25) is 0 Å². The molecule has 148 valence electrons. The molecule has 0 heterocycles. The molecule has 0 fully saturated rings. The van der Waals surface area contributed by atoms with E-state index in [0.717, 1.165) is 19.3 Å². The summed E-state index contributed by atoms with van der Waals surface area (Å²) in [7, 11) is 3.03. The fourth-order valence-electron chi connectivity index (χ4n) is 3.17. The summed E-state index contributed by atoms with van der Waals surface area (Å²) in [5.74, 6) is -0.589. The van der Waals surface area contributed by atoms with E-state index in [0.29, 0.717) is 23.7 Å². The Morgan fingerprint density at radius 2 is 2.07 bits per heavy atom. The van der Waals surface area contributed by atoms with Gasteiger partial charge in [-0.2, -0.15) is 0 Å². The van der Waals surface area contributed by atoms with Crippen molar-refractivity contribution in [1.82, 2.24) is 0 Å². The average molecular weight is 376 g/mol. The lowest BCUT2D eigenvalue weighted by Crippen LogP contribution is -2.93. The Kier molecular flexibility index (Phi) is 8.13. The zero-order chi connectivity index (χ0) is 19.6. The van der Waals surface area contributed by atoms with E-state index in [1.54, 1.807) is 23.5 Å². The van der Waals surface area contributed by atoms with E-state index in [1.807, 2.05) is 0 Å². The van der Waals surface area contributed by atoms with Crippen molar-refractivity contribution < 1.29 is 29.5 Å². The second-order valence-corrected chi connectivity index (χ2v) is 6.63. The van der Waals surface area contributed by atoms with Crippen LogP contribution in [0.25, 0.3) is 0 Å². The number of aliphatic carboxylic acids is 1. The van der Waals surface area contributed by atoms with Gasteiger partial charge >= 0.3 is 0 Å². The zero-order valence-corrected chi connectivity index (χ0v) is 16.0. The van der Waals surface area contributed by atoms with Gasteiger partial charge in [0.05, 0.1) is 38.8 Å². The molecule has 0 saturated heterocycles. The number of carbonyl (C=O) groups is 2. The predicted molar refractivity (Wildman–Crippen MR) is 99.5 cm³/mol. The third-order valence-electron chi connectivity index (χ3n) is 4.69. The van der Waals surface area contributed by atoms with Crippen molar-refractivity contribution in [2.24, 2.45) is 0 Å². The molecule has 27 heavy (non-hydrogen) atoms.